The number of thioether (sulfide) groups is 1. The van der Waals surface area contributed by atoms with Crippen molar-refractivity contribution in [2.24, 2.45) is 0 Å². The van der Waals surface area contributed by atoms with Gasteiger partial charge in [-0.25, -0.2) is 9.59 Å². The van der Waals surface area contributed by atoms with E-state index in [0.717, 1.165) is 76.8 Å². The van der Waals surface area contributed by atoms with Crippen LogP contribution in [0.2, 0.25) is 0 Å². The van der Waals surface area contributed by atoms with Crippen LogP contribution in [0.5, 0.6) is 11.5 Å². The topological polar surface area (TPSA) is 88.1 Å². The van der Waals surface area contributed by atoms with Crippen LogP contribution in [0.25, 0.3) is 17.2 Å². The van der Waals surface area contributed by atoms with Gasteiger partial charge in [-0.1, -0.05) is 56.5 Å². The molecule has 0 saturated heterocycles. The van der Waals surface area contributed by atoms with Crippen LogP contribution in [0.4, 0.5) is 4.39 Å². The zero-order valence-electron chi connectivity index (χ0n) is 27.4. The molecule has 0 heterocycles. The third-order valence-electron chi connectivity index (χ3n) is 7.11. The molecule has 0 atom stereocenters. The third kappa shape index (κ3) is 14.0. The van der Waals surface area contributed by atoms with E-state index in [0.29, 0.717) is 32.7 Å². The first-order chi connectivity index (χ1) is 23.3. The molecule has 0 unspecified atom stereocenters. The van der Waals surface area contributed by atoms with Gasteiger partial charge in [-0.15, -0.1) is 0 Å². The Bertz CT molecular complexity index is 1530. The molecule has 3 aromatic carbocycles. The Morgan fingerprint density at radius 1 is 0.771 bits per heavy atom. The van der Waals surface area contributed by atoms with E-state index in [9.17, 15) is 18.8 Å². The number of ether oxygens (including phenoxy) is 4. The summed E-state index contributed by atoms with van der Waals surface area (Å²) in [6.45, 7) is 10.00. The summed E-state index contributed by atoms with van der Waals surface area (Å²) in [5, 5.41) is -0.0599. The number of hydrogen-bond acceptors (Lipinski definition) is 8. The molecule has 0 aliphatic heterocycles. The molecule has 0 bridgehead atoms. The van der Waals surface area contributed by atoms with Gasteiger partial charge in [0.05, 0.1) is 26.4 Å². The van der Waals surface area contributed by atoms with Gasteiger partial charge in [0.1, 0.15) is 11.5 Å². The van der Waals surface area contributed by atoms with Gasteiger partial charge in [-0.3, -0.25) is 4.79 Å². The van der Waals surface area contributed by atoms with Crippen LogP contribution in [0.1, 0.15) is 56.6 Å². The maximum Gasteiger partial charge on any atom is 0.366 e. The van der Waals surface area contributed by atoms with Gasteiger partial charge >= 0.3 is 11.9 Å². The molecule has 0 aromatic heterocycles. The molecule has 0 spiro atoms. The predicted octanol–water partition coefficient (Wildman–Crippen LogP) is 9.10. The lowest BCUT2D eigenvalue weighted by molar-refractivity contribution is -0.141. The van der Waals surface area contributed by atoms with E-state index in [1.807, 2.05) is 54.6 Å². The highest BCUT2D eigenvalue weighted by molar-refractivity contribution is 8.14. The molecule has 9 heteroatoms. The average Bonchev–Trinajstić information content (AvgIpc) is 3.10. The summed E-state index contributed by atoms with van der Waals surface area (Å²) in [7, 11) is 0. The van der Waals surface area contributed by atoms with E-state index < -0.39 is 17.8 Å². The summed E-state index contributed by atoms with van der Waals surface area (Å²) in [5.74, 6) is -0.961. The Labute approximate surface area is 286 Å². The number of benzene rings is 3. The Kier molecular flexibility index (Phi) is 16.8. The summed E-state index contributed by atoms with van der Waals surface area (Å²) < 4.78 is 33.9. The zero-order chi connectivity index (χ0) is 34.6. The van der Waals surface area contributed by atoms with E-state index in [4.69, 9.17) is 18.9 Å². The lowest BCUT2D eigenvalue weighted by atomic mass is 9.98. The molecule has 3 rings (SSSR count). The van der Waals surface area contributed by atoms with Crippen molar-refractivity contribution in [1.82, 2.24) is 0 Å². The quantitative estimate of drug-likeness (QED) is 0.0479. The minimum absolute atomic E-state index is 0.0599. The second-order valence-electron chi connectivity index (χ2n) is 10.8. The van der Waals surface area contributed by atoms with E-state index >= 15 is 0 Å². The first-order valence-corrected chi connectivity index (χ1v) is 16.9. The SMILES string of the molecule is C=CC(=O)OCCCCOc1ccc(/C=C/C(=O)Sc2ccc(-c3ccc(OCCCCCCOC(=O)C(=C)F)cc3)c(CC)c2)cc1. The number of hydrogen-bond donors (Lipinski definition) is 0. The second-order valence-corrected chi connectivity index (χ2v) is 11.8. The zero-order valence-corrected chi connectivity index (χ0v) is 28.2. The normalized spacial score (nSPS) is 10.8. The molecular weight excluding hydrogens is 631 g/mol. The van der Waals surface area contributed by atoms with Crippen LogP contribution in [-0.4, -0.2) is 43.5 Å². The average molecular weight is 675 g/mol. The lowest BCUT2D eigenvalue weighted by Gasteiger charge is -2.12. The van der Waals surface area contributed by atoms with Gasteiger partial charge in [0.25, 0.3) is 0 Å². The van der Waals surface area contributed by atoms with Crippen molar-refractivity contribution in [2.45, 2.75) is 56.8 Å². The van der Waals surface area contributed by atoms with E-state index in [1.54, 1.807) is 12.2 Å². The van der Waals surface area contributed by atoms with Gasteiger partial charge < -0.3 is 18.9 Å². The van der Waals surface area contributed by atoms with Crippen molar-refractivity contribution in [1.29, 1.82) is 0 Å². The van der Waals surface area contributed by atoms with Crippen molar-refractivity contribution in [3.8, 4) is 22.6 Å². The standard InChI is InChI=1S/C39H43FO7S/c1-4-31-28-35(48-38(42)23-14-30-12-17-33(18-13-30)45-25-10-11-26-46-37(41)5-2)21-22-36(31)32-15-19-34(20-16-32)44-24-8-6-7-9-27-47-39(43)29(3)40/h5,12-23,28H,2-4,6-11,24-27H2,1H3/b23-14+. The van der Waals surface area contributed by atoms with Crippen molar-refractivity contribution < 1.29 is 37.7 Å². The highest BCUT2D eigenvalue weighted by Crippen LogP contribution is 2.31. The van der Waals surface area contributed by atoms with Crippen LogP contribution >= 0.6 is 11.8 Å². The van der Waals surface area contributed by atoms with Crippen molar-refractivity contribution in [3.63, 3.8) is 0 Å². The Hall–Kier alpha value is -4.63. The number of carbonyl (C=O) groups is 3. The Morgan fingerprint density at radius 2 is 1.35 bits per heavy atom. The summed E-state index contributed by atoms with van der Waals surface area (Å²) in [6.07, 6.45) is 10.1. The van der Waals surface area contributed by atoms with Crippen LogP contribution in [0.15, 0.2) is 103 Å². The first-order valence-electron chi connectivity index (χ1n) is 16.1. The number of aryl methyl sites for hydroxylation is 1. The van der Waals surface area contributed by atoms with Gasteiger partial charge in [0, 0.05) is 11.0 Å². The summed E-state index contributed by atoms with van der Waals surface area (Å²) in [6, 6.07) is 21.6. The minimum atomic E-state index is -1.07. The van der Waals surface area contributed by atoms with Gasteiger partial charge in [0.15, 0.2) is 0 Å². The smallest absolute Gasteiger partial charge is 0.366 e. The van der Waals surface area contributed by atoms with Gasteiger partial charge in [-0.05, 0) is 121 Å². The molecule has 0 N–H and O–H groups in total. The third-order valence-corrected chi connectivity index (χ3v) is 7.94. The van der Waals surface area contributed by atoms with Crippen LogP contribution in [0, 0.1) is 0 Å². The number of halogens is 1. The molecule has 0 radical (unpaired) electrons. The number of unbranched alkanes of at least 4 members (excludes halogenated alkanes) is 4. The fraction of sp³-hybridized carbons (Fsp3) is 0.308. The van der Waals surface area contributed by atoms with Gasteiger partial charge in [-0.2, -0.15) is 4.39 Å². The van der Waals surface area contributed by atoms with Crippen LogP contribution < -0.4 is 9.47 Å². The first kappa shape index (κ1) is 37.8. The maximum atomic E-state index is 12.7. The van der Waals surface area contributed by atoms with Crippen molar-refractivity contribution >= 4 is 34.9 Å². The van der Waals surface area contributed by atoms with Crippen molar-refractivity contribution in [2.75, 3.05) is 26.4 Å². The molecule has 7 nitrogen and oxygen atoms in total. The maximum absolute atomic E-state index is 12.7. The Balaban J connectivity index is 1.40. The van der Waals surface area contributed by atoms with Crippen LogP contribution in [0.3, 0.4) is 0 Å². The second kappa shape index (κ2) is 21.3. The molecule has 0 aliphatic carbocycles. The highest BCUT2D eigenvalue weighted by atomic mass is 32.2. The molecule has 3 aromatic rings. The van der Waals surface area contributed by atoms with Crippen molar-refractivity contribution in [3.05, 3.63) is 109 Å². The molecule has 48 heavy (non-hydrogen) atoms. The fourth-order valence-electron chi connectivity index (χ4n) is 4.54. The molecule has 254 valence electrons. The van der Waals surface area contributed by atoms with Crippen LogP contribution in [-0.2, 0) is 30.3 Å². The van der Waals surface area contributed by atoms with Gasteiger partial charge in [0.2, 0.25) is 10.9 Å². The molecule has 0 aliphatic rings. The number of rotatable bonds is 21. The molecule has 0 amide bonds. The summed E-state index contributed by atoms with van der Waals surface area (Å²) in [4.78, 5) is 35.7. The number of carbonyl (C=O) groups excluding carboxylic acids is 3. The fourth-order valence-corrected chi connectivity index (χ4v) is 5.25. The largest absolute Gasteiger partial charge is 0.494 e. The van der Waals surface area contributed by atoms with E-state index in [1.165, 1.54) is 11.8 Å². The minimum Gasteiger partial charge on any atom is -0.494 e. The number of esters is 2. The molecule has 0 fully saturated rings. The molecular formula is C39H43FO7S. The Morgan fingerprint density at radius 3 is 1.98 bits per heavy atom. The highest BCUT2D eigenvalue weighted by Gasteiger charge is 2.09. The summed E-state index contributed by atoms with van der Waals surface area (Å²) in [5.41, 5.74) is 4.24. The summed E-state index contributed by atoms with van der Waals surface area (Å²) >= 11 is 1.19. The predicted molar refractivity (Wildman–Crippen MR) is 189 cm³/mol. The molecule has 0 saturated carbocycles. The van der Waals surface area contributed by atoms with E-state index in [-0.39, 0.29) is 11.7 Å². The monoisotopic (exact) mass is 674 g/mol. The lowest BCUT2D eigenvalue weighted by Crippen LogP contribution is -2.05. The van der Waals surface area contributed by atoms with E-state index in [2.05, 4.69) is 32.2 Å².